The fourth-order valence-electron chi connectivity index (χ4n) is 0.777. The molecule has 13 heavy (non-hydrogen) atoms. The van der Waals surface area contributed by atoms with Crippen LogP contribution in [0.1, 0.15) is 20.8 Å². The summed E-state index contributed by atoms with van der Waals surface area (Å²) in [6.07, 6.45) is 0. The lowest BCUT2D eigenvalue weighted by Gasteiger charge is -2.18. The molecular weight excluding hydrogens is 168 g/mol. The molecule has 0 saturated carbocycles. The number of amides is 1. The predicted molar refractivity (Wildman–Crippen MR) is 52.1 cm³/mol. The summed E-state index contributed by atoms with van der Waals surface area (Å²) >= 11 is 0. The van der Waals surface area contributed by atoms with Crippen LogP contribution in [0, 0.1) is 5.92 Å². The zero-order valence-corrected chi connectivity index (χ0v) is 9.13. The molecule has 0 rings (SSSR count). The lowest BCUT2D eigenvalue weighted by Crippen LogP contribution is -2.41. The third-order valence-electron chi connectivity index (χ3n) is 1.49. The van der Waals surface area contributed by atoms with Gasteiger partial charge < -0.3 is 9.74 Å². The normalized spacial score (nSPS) is 13.1. The molecule has 4 heteroatoms. The average Bonchev–Trinajstić information content (AvgIpc) is 2.02. The first kappa shape index (κ1) is 12.4. The van der Waals surface area contributed by atoms with E-state index in [2.05, 4.69) is 19.3 Å². The second-order valence-corrected chi connectivity index (χ2v) is 3.78. The second kappa shape index (κ2) is 5.94. The Kier molecular flexibility index (Phi) is 5.66. The highest BCUT2D eigenvalue weighted by molar-refractivity contribution is 5.80. The Morgan fingerprint density at radius 1 is 1.38 bits per heavy atom. The van der Waals surface area contributed by atoms with E-state index >= 15 is 0 Å². The SMILES string of the molecule is CC(C)CONC(C)C(=O)N(C)C. The fraction of sp³-hybridized carbons (Fsp3) is 0.889. The van der Waals surface area contributed by atoms with Crippen molar-refractivity contribution in [2.24, 2.45) is 5.92 Å². The molecule has 0 aromatic carbocycles. The molecule has 0 aromatic heterocycles. The van der Waals surface area contributed by atoms with Crippen molar-refractivity contribution >= 4 is 5.91 Å². The van der Waals surface area contributed by atoms with Crippen LogP contribution in [0.5, 0.6) is 0 Å². The number of carbonyl (C=O) groups is 1. The zero-order chi connectivity index (χ0) is 10.4. The van der Waals surface area contributed by atoms with Crippen molar-refractivity contribution in [3.8, 4) is 0 Å². The third-order valence-corrected chi connectivity index (χ3v) is 1.49. The summed E-state index contributed by atoms with van der Waals surface area (Å²) in [7, 11) is 3.45. The summed E-state index contributed by atoms with van der Waals surface area (Å²) in [5.41, 5.74) is 2.70. The predicted octanol–water partition coefficient (Wildman–Crippen LogP) is 0.640. The van der Waals surface area contributed by atoms with Crippen LogP contribution in [-0.4, -0.2) is 37.6 Å². The number of nitrogens with zero attached hydrogens (tertiary/aromatic N) is 1. The third kappa shape index (κ3) is 5.60. The fourth-order valence-corrected chi connectivity index (χ4v) is 0.777. The van der Waals surface area contributed by atoms with Crippen molar-refractivity contribution in [2.45, 2.75) is 26.8 Å². The van der Waals surface area contributed by atoms with Crippen LogP contribution in [0.4, 0.5) is 0 Å². The number of hydroxylamine groups is 1. The summed E-state index contributed by atoms with van der Waals surface area (Å²) in [5.74, 6) is 0.484. The van der Waals surface area contributed by atoms with Crippen LogP contribution in [0.2, 0.25) is 0 Å². The van der Waals surface area contributed by atoms with E-state index in [4.69, 9.17) is 4.84 Å². The van der Waals surface area contributed by atoms with Crippen LogP contribution in [0.25, 0.3) is 0 Å². The average molecular weight is 188 g/mol. The summed E-state index contributed by atoms with van der Waals surface area (Å²) in [5, 5.41) is 0. The molecule has 1 amide bonds. The van der Waals surface area contributed by atoms with E-state index in [9.17, 15) is 4.79 Å². The highest BCUT2D eigenvalue weighted by atomic mass is 16.6. The smallest absolute Gasteiger partial charge is 0.241 e. The largest absolute Gasteiger partial charge is 0.347 e. The van der Waals surface area contributed by atoms with Gasteiger partial charge in [-0.1, -0.05) is 13.8 Å². The van der Waals surface area contributed by atoms with Crippen LogP contribution >= 0.6 is 0 Å². The number of rotatable bonds is 5. The topological polar surface area (TPSA) is 41.6 Å². The van der Waals surface area contributed by atoms with Gasteiger partial charge in [-0.3, -0.25) is 4.79 Å². The van der Waals surface area contributed by atoms with Crippen LogP contribution in [0.15, 0.2) is 0 Å². The summed E-state index contributed by atoms with van der Waals surface area (Å²) < 4.78 is 0. The van der Waals surface area contributed by atoms with E-state index < -0.39 is 0 Å². The molecule has 0 saturated heterocycles. The van der Waals surface area contributed by atoms with Crippen molar-refractivity contribution in [1.29, 1.82) is 0 Å². The Bertz CT molecular complexity index is 158. The van der Waals surface area contributed by atoms with Crippen molar-refractivity contribution < 1.29 is 9.63 Å². The first-order chi connectivity index (χ1) is 5.95. The number of nitrogens with one attached hydrogen (secondary N) is 1. The molecule has 0 fully saturated rings. The Hall–Kier alpha value is -0.610. The number of likely N-dealkylation sites (N-methyl/N-ethyl adjacent to an activating group) is 1. The monoisotopic (exact) mass is 188 g/mol. The number of carbonyl (C=O) groups excluding carboxylic acids is 1. The summed E-state index contributed by atoms with van der Waals surface area (Å²) in [6.45, 7) is 6.51. The van der Waals surface area contributed by atoms with Gasteiger partial charge in [0.2, 0.25) is 5.91 Å². The molecule has 0 heterocycles. The van der Waals surface area contributed by atoms with Gasteiger partial charge in [0.25, 0.3) is 0 Å². The van der Waals surface area contributed by atoms with Crippen molar-refractivity contribution in [2.75, 3.05) is 20.7 Å². The second-order valence-electron chi connectivity index (χ2n) is 3.78. The van der Waals surface area contributed by atoms with E-state index in [0.717, 1.165) is 0 Å². The number of hydrogen-bond donors (Lipinski definition) is 1. The molecule has 0 aromatic rings. The minimum absolute atomic E-state index is 0.0174. The van der Waals surface area contributed by atoms with Gasteiger partial charge in [0.1, 0.15) is 6.04 Å². The van der Waals surface area contributed by atoms with Crippen molar-refractivity contribution in [3.63, 3.8) is 0 Å². The molecular formula is C9H20N2O2. The first-order valence-corrected chi connectivity index (χ1v) is 4.53. The summed E-state index contributed by atoms with van der Waals surface area (Å²) in [4.78, 5) is 18.0. The Morgan fingerprint density at radius 3 is 2.31 bits per heavy atom. The number of hydrogen-bond acceptors (Lipinski definition) is 3. The molecule has 0 radical (unpaired) electrons. The van der Waals surface area contributed by atoms with Gasteiger partial charge in [-0.15, -0.1) is 0 Å². The van der Waals surface area contributed by atoms with Gasteiger partial charge in [0, 0.05) is 14.1 Å². The van der Waals surface area contributed by atoms with Crippen molar-refractivity contribution in [3.05, 3.63) is 0 Å². The van der Waals surface area contributed by atoms with E-state index in [1.807, 2.05) is 0 Å². The minimum Gasteiger partial charge on any atom is -0.347 e. The molecule has 1 unspecified atom stereocenters. The van der Waals surface area contributed by atoms with Gasteiger partial charge in [-0.2, -0.15) is 5.48 Å². The first-order valence-electron chi connectivity index (χ1n) is 4.53. The molecule has 0 aliphatic heterocycles. The maximum atomic E-state index is 11.3. The molecule has 1 N–H and O–H groups in total. The van der Waals surface area contributed by atoms with Gasteiger partial charge in [-0.05, 0) is 12.8 Å². The van der Waals surface area contributed by atoms with Gasteiger partial charge >= 0.3 is 0 Å². The molecule has 4 nitrogen and oxygen atoms in total. The van der Waals surface area contributed by atoms with E-state index in [0.29, 0.717) is 12.5 Å². The maximum Gasteiger partial charge on any atom is 0.241 e. The maximum absolute atomic E-state index is 11.3. The quantitative estimate of drug-likeness (QED) is 0.644. The van der Waals surface area contributed by atoms with Crippen LogP contribution in [-0.2, 0) is 9.63 Å². The Labute approximate surface area is 80.2 Å². The van der Waals surface area contributed by atoms with Gasteiger partial charge in [0.05, 0.1) is 6.61 Å². The zero-order valence-electron chi connectivity index (χ0n) is 9.13. The van der Waals surface area contributed by atoms with E-state index in [-0.39, 0.29) is 11.9 Å². The lowest BCUT2D eigenvalue weighted by atomic mass is 10.2. The lowest BCUT2D eigenvalue weighted by molar-refractivity contribution is -0.135. The standard InChI is InChI=1S/C9H20N2O2/c1-7(2)6-13-10-8(3)9(12)11(4)5/h7-8,10H,6H2,1-5H3. The summed E-state index contributed by atoms with van der Waals surface area (Å²) in [6, 6.07) is -0.284. The molecule has 1 atom stereocenters. The molecule has 0 bridgehead atoms. The molecule has 78 valence electrons. The van der Waals surface area contributed by atoms with Gasteiger partial charge in [0.15, 0.2) is 0 Å². The van der Waals surface area contributed by atoms with Crippen LogP contribution < -0.4 is 5.48 Å². The molecule has 0 spiro atoms. The highest BCUT2D eigenvalue weighted by Gasteiger charge is 2.14. The van der Waals surface area contributed by atoms with Gasteiger partial charge in [-0.25, -0.2) is 0 Å². The molecule has 0 aliphatic rings. The highest BCUT2D eigenvalue weighted by Crippen LogP contribution is 1.93. The van der Waals surface area contributed by atoms with E-state index in [1.54, 1.807) is 21.0 Å². The minimum atomic E-state index is -0.284. The Balaban J connectivity index is 3.62. The van der Waals surface area contributed by atoms with Crippen LogP contribution in [0.3, 0.4) is 0 Å². The Morgan fingerprint density at radius 2 is 1.92 bits per heavy atom. The molecule has 0 aliphatic carbocycles. The van der Waals surface area contributed by atoms with Crippen molar-refractivity contribution in [1.82, 2.24) is 10.4 Å². The van der Waals surface area contributed by atoms with E-state index in [1.165, 1.54) is 4.90 Å².